The van der Waals surface area contributed by atoms with Gasteiger partial charge in [0.2, 0.25) is 5.91 Å². The number of likely N-dealkylation sites (N-methyl/N-ethyl adjacent to an activating group) is 1. The Balaban J connectivity index is 1.95. The Bertz CT molecular complexity index is 474. The van der Waals surface area contributed by atoms with Crippen molar-refractivity contribution in [1.29, 1.82) is 0 Å². The van der Waals surface area contributed by atoms with Gasteiger partial charge in [-0.15, -0.1) is 0 Å². The third-order valence-electron chi connectivity index (χ3n) is 3.81. The van der Waals surface area contributed by atoms with Crippen LogP contribution in [0.3, 0.4) is 0 Å². The Kier molecular flexibility index (Phi) is 5.62. The Hall–Kier alpha value is -1.55. The van der Waals surface area contributed by atoms with Gasteiger partial charge in [0, 0.05) is 19.1 Å². The number of likely N-dealkylation sites (tertiary alicyclic amines) is 1. The number of carbonyl (C=O) groups is 1. The first-order chi connectivity index (χ1) is 10.1. The molecule has 4 heteroatoms. The Morgan fingerprint density at radius 1 is 1.48 bits per heavy atom. The molecule has 0 bridgehead atoms. The lowest BCUT2D eigenvalue weighted by atomic mass is 10.0. The molecule has 1 heterocycles. The fourth-order valence-corrected chi connectivity index (χ4v) is 2.73. The van der Waals surface area contributed by atoms with E-state index in [0.717, 1.165) is 37.2 Å². The van der Waals surface area contributed by atoms with Gasteiger partial charge in [-0.05, 0) is 51.4 Å². The highest BCUT2D eigenvalue weighted by atomic mass is 16.5. The van der Waals surface area contributed by atoms with E-state index in [2.05, 4.69) is 5.32 Å². The first-order valence-electron chi connectivity index (χ1n) is 7.79. The molecule has 1 atom stereocenters. The van der Waals surface area contributed by atoms with Gasteiger partial charge >= 0.3 is 0 Å². The standard InChI is InChI=1S/C17H26N2O2/c1-13(2)21-16-8-4-6-14(10-16)11-17(20)19-9-5-7-15(12-19)18-3/h4,6,8,10,13,15,18H,5,7,9,11-12H2,1-3H3. The second kappa shape index (κ2) is 7.46. The number of hydrogen-bond donors (Lipinski definition) is 1. The van der Waals surface area contributed by atoms with E-state index < -0.39 is 0 Å². The molecule has 1 amide bonds. The number of carbonyl (C=O) groups excluding carboxylic acids is 1. The van der Waals surface area contributed by atoms with Gasteiger partial charge < -0.3 is 15.0 Å². The monoisotopic (exact) mass is 290 g/mol. The van der Waals surface area contributed by atoms with Gasteiger partial charge in [0.15, 0.2) is 0 Å². The molecule has 1 aliphatic rings. The van der Waals surface area contributed by atoms with Crippen molar-refractivity contribution in [3.63, 3.8) is 0 Å². The predicted molar refractivity (Wildman–Crippen MR) is 84.6 cm³/mol. The number of benzene rings is 1. The van der Waals surface area contributed by atoms with Crippen LogP contribution in [0.5, 0.6) is 5.75 Å². The molecule has 1 N–H and O–H groups in total. The zero-order valence-electron chi connectivity index (χ0n) is 13.3. The van der Waals surface area contributed by atoms with Crippen molar-refractivity contribution in [3.8, 4) is 5.75 Å². The van der Waals surface area contributed by atoms with E-state index in [1.54, 1.807) is 0 Å². The van der Waals surface area contributed by atoms with Gasteiger partial charge in [-0.1, -0.05) is 12.1 Å². The van der Waals surface area contributed by atoms with Crippen molar-refractivity contribution in [2.75, 3.05) is 20.1 Å². The predicted octanol–water partition coefficient (Wildman–Crippen LogP) is 2.23. The molecule has 0 radical (unpaired) electrons. The molecule has 1 aromatic rings. The van der Waals surface area contributed by atoms with Crippen molar-refractivity contribution in [3.05, 3.63) is 29.8 Å². The van der Waals surface area contributed by atoms with Crippen molar-refractivity contribution >= 4 is 5.91 Å². The Morgan fingerprint density at radius 2 is 2.29 bits per heavy atom. The van der Waals surface area contributed by atoms with E-state index in [4.69, 9.17) is 4.74 Å². The molecule has 1 unspecified atom stereocenters. The zero-order chi connectivity index (χ0) is 15.2. The van der Waals surface area contributed by atoms with Crippen LogP contribution in [0.2, 0.25) is 0 Å². The van der Waals surface area contributed by atoms with Crippen LogP contribution in [0.25, 0.3) is 0 Å². The minimum atomic E-state index is 0.148. The molecule has 116 valence electrons. The van der Waals surface area contributed by atoms with Gasteiger partial charge in [-0.2, -0.15) is 0 Å². The number of amides is 1. The van der Waals surface area contributed by atoms with E-state index >= 15 is 0 Å². The van der Waals surface area contributed by atoms with Crippen LogP contribution in [-0.4, -0.2) is 43.1 Å². The maximum absolute atomic E-state index is 12.4. The molecular weight excluding hydrogens is 264 g/mol. The maximum atomic E-state index is 12.4. The van der Waals surface area contributed by atoms with Crippen molar-refractivity contribution in [1.82, 2.24) is 10.2 Å². The summed E-state index contributed by atoms with van der Waals surface area (Å²) in [5, 5.41) is 3.27. The Morgan fingerprint density at radius 3 is 3.00 bits per heavy atom. The second-order valence-electron chi connectivity index (χ2n) is 5.96. The molecule has 0 saturated carbocycles. The summed E-state index contributed by atoms with van der Waals surface area (Å²) in [7, 11) is 1.96. The highest BCUT2D eigenvalue weighted by molar-refractivity contribution is 5.79. The van der Waals surface area contributed by atoms with Gasteiger partial charge in [0.25, 0.3) is 0 Å². The van der Waals surface area contributed by atoms with E-state index in [0.29, 0.717) is 12.5 Å². The first kappa shape index (κ1) is 15.8. The summed E-state index contributed by atoms with van der Waals surface area (Å²) in [5.41, 5.74) is 1.02. The topological polar surface area (TPSA) is 41.6 Å². The van der Waals surface area contributed by atoms with Crippen LogP contribution in [0.4, 0.5) is 0 Å². The third kappa shape index (κ3) is 4.74. The molecule has 2 rings (SSSR count). The van der Waals surface area contributed by atoms with Gasteiger partial charge in [-0.3, -0.25) is 4.79 Å². The van der Waals surface area contributed by atoms with Crippen molar-refractivity contribution < 1.29 is 9.53 Å². The highest BCUT2D eigenvalue weighted by Crippen LogP contribution is 2.17. The quantitative estimate of drug-likeness (QED) is 0.904. The fourth-order valence-electron chi connectivity index (χ4n) is 2.73. The molecule has 1 fully saturated rings. The summed E-state index contributed by atoms with van der Waals surface area (Å²) >= 11 is 0. The lowest BCUT2D eigenvalue weighted by molar-refractivity contribution is -0.131. The fraction of sp³-hybridized carbons (Fsp3) is 0.588. The minimum Gasteiger partial charge on any atom is -0.491 e. The van der Waals surface area contributed by atoms with Crippen molar-refractivity contribution in [2.45, 2.75) is 45.3 Å². The third-order valence-corrected chi connectivity index (χ3v) is 3.81. The van der Waals surface area contributed by atoms with Gasteiger partial charge in [0.05, 0.1) is 12.5 Å². The van der Waals surface area contributed by atoms with Crippen molar-refractivity contribution in [2.24, 2.45) is 0 Å². The molecule has 0 aromatic heterocycles. The van der Waals surface area contributed by atoms with Crippen LogP contribution < -0.4 is 10.1 Å². The molecule has 4 nitrogen and oxygen atoms in total. The summed E-state index contributed by atoms with van der Waals surface area (Å²) < 4.78 is 5.68. The summed E-state index contributed by atoms with van der Waals surface area (Å²) in [5.74, 6) is 1.04. The smallest absolute Gasteiger partial charge is 0.227 e. The molecule has 0 spiro atoms. The maximum Gasteiger partial charge on any atom is 0.227 e. The number of nitrogens with zero attached hydrogens (tertiary/aromatic N) is 1. The zero-order valence-corrected chi connectivity index (χ0v) is 13.3. The summed E-state index contributed by atoms with van der Waals surface area (Å²) in [6.45, 7) is 5.70. The summed E-state index contributed by atoms with van der Waals surface area (Å²) in [4.78, 5) is 14.4. The molecule has 21 heavy (non-hydrogen) atoms. The van der Waals surface area contributed by atoms with E-state index in [9.17, 15) is 4.79 Å². The van der Waals surface area contributed by atoms with Crippen LogP contribution in [0.15, 0.2) is 24.3 Å². The molecule has 0 aliphatic carbocycles. The van der Waals surface area contributed by atoms with E-state index in [-0.39, 0.29) is 12.0 Å². The highest BCUT2D eigenvalue weighted by Gasteiger charge is 2.22. The Labute approximate surface area is 127 Å². The molecule has 1 aromatic carbocycles. The lowest BCUT2D eigenvalue weighted by Gasteiger charge is -2.32. The van der Waals surface area contributed by atoms with E-state index in [1.165, 1.54) is 0 Å². The minimum absolute atomic E-state index is 0.148. The summed E-state index contributed by atoms with van der Waals surface area (Å²) in [6.07, 6.45) is 2.83. The van der Waals surface area contributed by atoms with Crippen LogP contribution in [0.1, 0.15) is 32.3 Å². The molecule has 1 saturated heterocycles. The molecular formula is C17H26N2O2. The molecule has 1 aliphatic heterocycles. The number of piperidine rings is 1. The number of rotatable bonds is 5. The van der Waals surface area contributed by atoms with E-state index in [1.807, 2.05) is 50.1 Å². The average molecular weight is 290 g/mol. The largest absolute Gasteiger partial charge is 0.491 e. The lowest BCUT2D eigenvalue weighted by Crippen LogP contribution is -2.47. The van der Waals surface area contributed by atoms with Crippen LogP contribution in [-0.2, 0) is 11.2 Å². The average Bonchev–Trinajstić information content (AvgIpc) is 2.47. The first-order valence-corrected chi connectivity index (χ1v) is 7.79. The van der Waals surface area contributed by atoms with Gasteiger partial charge in [-0.25, -0.2) is 0 Å². The summed E-state index contributed by atoms with van der Waals surface area (Å²) in [6, 6.07) is 8.28. The number of hydrogen-bond acceptors (Lipinski definition) is 3. The van der Waals surface area contributed by atoms with Gasteiger partial charge in [0.1, 0.15) is 5.75 Å². The van der Waals surface area contributed by atoms with Crippen LogP contribution in [0, 0.1) is 0 Å². The number of ether oxygens (including phenoxy) is 1. The second-order valence-corrected chi connectivity index (χ2v) is 5.96. The van der Waals surface area contributed by atoms with Crippen LogP contribution >= 0.6 is 0 Å². The number of nitrogens with one attached hydrogen (secondary N) is 1. The normalized spacial score (nSPS) is 18.9. The SMILES string of the molecule is CNC1CCCN(C(=O)Cc2cccc(OC(C)C)c2)C1.